The average Bonchev–Trinajstić information content (AvgIpc) is 2.18. The molecule has 0 amide bonds. The monoisotopic (exact) mass is 247 g/mol. The van der Waals surface area contributed by atoms with Crippen molar-refractivity contribution in [1.82, 2.24) is 4.57 Å². The predicted molar refractivity (Wildman–Crippen MR) is 52.5 cm³/mol. The zero-order valence-electron chi connectivity index (χ0n) is 8.44. The van der Waals surface area contributed by atoms with Gasteiger partial charge in [-0.25, -0.2) is 4.79 Å². The van der Waals surface area contributed by atoms with Crippen LogP contribution in [-0.2, 0) is 17.5 Å². The van der Waals surface area contributed by atoms with Gasteiger partial charge in [0.25, 0.3) is 5.56 Å². The van der Waals surface area contributed by atoms with Gasteiger partial charge in [0.1, 0.15) is 0 Å². The number of halogens is 3. The molecule has 0 aliphatic heterocycles. The third-order valence-corrected chi connectivity index (χ3v) is 1.87. The standard InChI is InChI=1S/C10H8F3NO3/c11-10(12,13)7-3-4-8(15)14(6-7)5-1-2-9(16)17/h1-4,6H,5H2,(H,16,17). The van der Waals surface area contributed by atoms with Gasteiger partial charge in [0.05, 0.1) is 5.56 Å². The van der Waals surface area contributed by atoms with Gasteiger partial charge < -0.3 is 9.67 Å². The SMILES string of the molecule is O=C(O)C=CCn1cc(C(F)(F)F)ccc1=O. The summed E-state index contributed by atoms with van der Waals surface area (Å²) in [5.41, 5.74) is -1.59. The summed E-state index contributed by atoms with van der Waals surface area (Å²) in [5, 5.41) is 8.29. The lowest BCUT2D eigenvalue weighted by atomic mass is 10.3. The van der Waals surface area contributed by atoms with Gasteiger partial charge in [-0.3, -0.25) is 4.79 Å². The molecule has 0 fully saturated rings. The molecule has 0 radical (unpaired) electrons. The van der Waals surface area contributed by atoms with Crippen molar-refractivity contribution in [2.24, 2.45) is 0 Å². The number of hydrogen-bond donors (Lipinski definition) is 1. The van der Waals surface area contributed by atoms with Gasteiger partial charge in [-0.1, -0.05) is 6.08 Å². The van der Waals surface area contributed by atoms with Crippen LogP contribution in [-0.4, -0.2) is 15.6 Å². The molecular weight excluding hydrogens is 239 g/mol. The molecule has 7 heteroatoms. The van der Waals surface area contributed by atoms with E-state index in [9.17, 15) is 22.8 Å². The fourth-order valence-corrected chi connectivity index (χ4v) is 1.11. The van der Waals surface area contributed by atoms with Crippen molar-refractivity contribution < 1.29 is 23.1 Å². The van der Waals surface area contributed by atoms with Gasteiger partial charge in [0.15, 0.2) is 0 Å². The Morgan fingerprint density at radius 3 is 2.59 bits per heavy atom. The van der Waals surface area contributed by atoms with Gasteiger partial charge in [0.2, 0.25) is 0 Å². The molecule has 0 aromatic carbocycles. The first-order valence-electron chi connectivity index (χ1n) is 4.48. The Hall–Kier alpha value is -2.05. The molecule has 1 heterocycles. The predicted octanol–water partition coefficient (Wildman–Crippen LogP) is 1.51. The smallest absolute Gasteiger partial charge is 0.417 e. The van der Waals surface area contributed by atoms with Gasteiger partial charge in [0, 0.05) is 24.9 Å². The lowest BCUT2D eigenvalue weighted by molar-refractivity contribution is -0.138. The van der Waals surface area contributed by atoms with E-state index in [-0.39, 0.29) is 6.54 Å². The second-order valence-corrected chi connectivity index (χ2v) is 3.15. The first-order valence-corrected chi connectivity index (χ1v) is 4.48. The molecule has 4 nitrogen and oxygen atoms in total. The maximum atomic E-state index is 12.3. The van der Waals surface area contributed by atoms with Crippen LogP contribution in [0.2, 0.25) is 0 Å². The van der Waals surface area contributed by atoms with Crippen LogP contribution in [0, 0.1) is 0 Å². The van der Waals surface area contributed by atoms with E-state index in [4.69, 9.17) is 5.11 Å². The molecule has 0 aliphatic rings. The number of nitrogens with zero attached hydrogens (tertiary/aromatic N) is 1. The third-order valence-electron chi connectivity index (χ3n) is 1.87. The van der Waals surface area contributed by atoms with Crippen molar-refractivity contribution in [3.8, 4) is 0 Å². The maximum absolute atomic E-state index is 12.3. The molecule has 0 atom stereocenters. The highest BCUT2D eigenvalue weighted by Crippen LogP contribution is 2.27. The lowest BCUT2D eigenvalue weighted by Crippen LogP contribution is -2.20. The van der Waals surface area contributed by atoms with E-state index in [1.165, 1.54) is 0 Å². The molecule has 1 N–H and O–H groups in total. The summed E-state index contributed by atoms with van der Waals surface area (Å²) in [7, 11) is 0. The van der Waals surface area contributed by atoms with Crippen molar-refractivity contribution in [2.75, 3.05) is 0 Å². The minimum Gasteiger partial charge on any atom is -0.478 e. The quantitative estimate of drug-likeness (QED) is 0.823. The molecule has 0 saturated heterocycles. The molecule has 0 bridgehead atoms. The molecule has 1 aromatic heterocycles. The summed E-state index contributed by atoms with van der Waals surface area (Å²) in [6, 6.07) is 1.47. The molecule has 17 heavy (non-hydrogen) atoms. The van der Waals surface area contributed by atoms with Crippen LogP contribution in [0.25, 0.3) is 0 Å². The van der Waals surface area contributed by atoms with Crippen molar-refractivity contribution in [3.63, 3.8) is 0 Å². The van der Waals surface area contributed by atoms with Crippen molar-refractivity contribution >= 4 is 5.97 Å². The highest BCUT2D eigenvalue weighted by Gasteiger charge is 2.30. The number of carboxylic acids is 1. The van der Waals surface area contributed by atoms with E-state index in [0.717, 1.165) is 22.8 Å². The zero-order chi connectivity index (χ0) is 13.1. The number of carboxylic acid groups (broad SMARTS) is 1. The fourth-order valence-electron chi connectivity index (χ4n) is 1.11. The topological polar surface area (TPSA) is 59.3 Å². The van der Waals surface area contributed by atoms with Crippen LogP contribution in [0.5, 0.6) is 0 Å². The second kappa shape index (κ2) is 4.86. The van der Waals surface area contributed by atoms with E-state index < -0.39 is 23.3 Å². The van der Waals surface area contributed by atoms with Crippen LogP contribution in [0.15, 0.2) is 35.3 Å². The highest BCUT2D eigenvalue weighted by atomic mass is 19.4. The maximum Gasteiger partial charge on any atom is 0.417 e. The lowest BCUT2D eigenvalue weighted by Gasteiger charge is -2.08. The average molecular weight is 247 g/mol. The Kier molecular flexibility index (Phi) is 3.72. The number of hydrogen-bond acceptors (Lipinski definition) is 2. The molecular formula is C10H8F3NO3. The Balaban J connectivity index is 3.00. The van der Waals surface area contributed by atoms with E-state index in [1.807, 2.05) is 0 Å². The first kappa shape index (κ1) is 13.0. The highest BCUT2D eigenvalue weighted by molar-refractivity contribution is 5.79. The minimum absolute atomic E-state index is 0.227. The van der Waals surface area contributed by atoms with Crippen molar-refractivity contribution in [3.05, 3.63) is 46.4 Å². The third kappa shape index (κ3) is 3.78. The Bertz CT molecular complexity index is 502. The number of alkyl halides is 3. The fraction of sp³-hybridized carbons (Fsp3) is 0.200. The number of rotatable bonds is 3. The van der Waals surface area contributed by atoms with Crippen molar-refractivity contribution in [2.45, 2.75) is 12.7 Å². The summed E-state index contributed by atoms with van der Waals surface area (Å²) in [6.07, 6.45) is -2.04. The van der Waals surface area contributed by atoms with E-state index in [1.54, 1.807) is 0 Å². The van der Waals surface area contributed by atoms with E-state index in [0.29, 0.717) is 12.3 Å². The number of pyridine rings is 1. The van der Waals surface area contributed by atoms with Gasteiger partial charge in [-0.05, 0) is 6.07 Å². The van der Waals surface area contributed by atoms with Crippen LogP contribution in [0.4, 0.5) is 13.2 Å². The minimum atomic E-state index is -4.54. The number of allylic oxidation sites excluding steroid dienone is 1. The molecule has 92 valence electrons. The van der Waals surface area contributed by atoms with Crippen LogP contribution < -0.4 is 5.56 Å². The number of aromatic nitrogens is 1. The second-order valence-electron chi connectivity index (χ2n) is 3.15. The summed E-state index contributed by atoms with van der Waals surface area (Å²) >= 11 is 0. The molecule has 1 rings (SSSR count). The van der Waals surface area contributed by atoms with Gasteiger partial charge >= 0.3 is 12.1 Å². The van der Waals surface area contributed by atoms with Gasteiger partial charge in [-0.15, -0.1) is 0 Å². The Morgan fingerprint density at radius 2 is 2.06 bits per heavy atom. The zero-order valence-corrected chi connectivity index (χ0v) is 8.44. The molecule has 0 spiro atoms. The molecule has 0 unspecified atom stereocenters. The van der Waals surface area contributed by atoms with Gasteiger partial charge in [-0.2, -0.15) is 13.2 Å². The van der Waals surface area contributed by atoms with Crippen LogP contribution in [0.1, 0.15) is 5.56 Å². The normalized spacial score (nSPS) is 11.9. The summed E-state index contributed by atoms with van der Waals surface area (Å²) in [6.45, 7) is -0.227. The Labute approximate surface area is 93.6 Å². The largest absolute Gasteiger partial charge is 0.478 e. The van der Waals surface area contributed by atoms with Crippen molar-refractivity contribution in [1.29, 1.82) is 0 Å². The van der Waals surface area contributed by atoms with Crippen LogP contribution >= 0.6 is 0 Å². The summed E-state index contributed by atoms with van der Waals surface area (Å²) in [4.78, 5) is 21.3. The summed E-state index contributed by atoms with van der Waals surface area (Å²) in [5.74, 6) is -1.23. The van der Waals surface area contributed by atoms with E-state index >= 15 is 0 Å². The van der Waals surface area contributed by atoms with Crippen LogP contribution in [0.3, 0.4) is 0 Å². The number of aliphatic carboxylic acids is 1. The molecule has 0 saturated carbocycles. The molecule has 0 aliphatic carbocycles. The first-order chi connectivity index (χ1) is 7.80. The molecule has 1 aromatic rings. The van der Waals surface area contributed by atoms with E-state index in [2.05, 4.69) is 0 Å². The Morgan fingerprint density at radius 1 is 1.41 bits per heavy atom. The summed E-state index contributed by atoms with van der Waals surface area (Å²) < 4.78 is 37.7. The number of carbonyl (C=O) groups is 1.